The average molecular weight is 362 g/mol. The van der Waals surface area contributed by atoms with Crippen molar-refractivity contribution in [2.75, 3.05) is 24.5 Å². The standard InChI is InChI=1S/C13H18Br2N2/c1-9(2)12-8-17(6-5-16-12)13-7-10(14)3-4-11(13)15/h3-4,7,9,12,16H,5-6,8H2,1-2H3. The highest BCUT2D eigenvalue weighted by molar-refractivity contribution is 9.11. The molecular formula is C13H18Br2N2. The van der Waals surface area contributed by atoms with Gasteiger partial charge in [-0.2, -0.15) is 0 Å². The van der Waals surface area contributed by atoms with Gasteiger partial charge in [-0.05, 0) is 40.0 Å². The maximum absolute atomic E-state index is 3.64. The van der Waals surface area contributed by atoms with Crippen LogP contribution in [0.3, 0.4) is 0 Å². The predicted molar refractivity (Wildman–Crippen MR) is 80.7 cm³/mol. The number of nitrogens with zero attached hydrogens (tertiary/aromatic N) is 1. The van der Waals surface area contributed by atoms with Crippen LogP contribution in [0.4, 0.5) is 5.69 Å². The van der Waals surface area contributed by atoms with Crippen LogP contribution >= 0.6 is 31.9 Å². The number of piperazine rings is 1. The van der Waals surface area contributed by atoms with Crippen molar-refractivity contribution >= 4 is 37.5 Å². The van der Waals surface area contributed by atoms with E-state index in [-0.39, 0.29) is 0 Å². The molecule has 0 aromatic heterocycles. The molecule has 1 heterocycles. The Morgan fingerprint density at radius 2 is 2.12 bits per heavy atom. The molecular weight excluding hydrogens is 344 g/mol. The predicted octanol–water partition coefficient (Wildman–Crippen LogP) is 3.65. The molecule has 1 aliphatic rings. The number of hydrogen-bond donors (Lipinski definition) is 1. The zero-order valence-corrected chi connectivity index (χ0v) is 13.4. The molecule has 0 aliphatic carbocycles. The molecule has 1 N–H and O–H groups in total. The lowest BCUT2D eigenvalue weighted by molar-refractivity contribution is 0.368. The molecule has 1 aromatic carbocycles. The van der Waals surface area contributed by atoms with Gasteiger partial charge < -0.3 is 10.2 Å². The lowest BCUT2D eigenvalue weighted by Gasteiger charge is -2.37. The minimum Gasteiger partial charge on any atom is -0.368 e. The summed E-state index contributed by atoms with van der Waals surface area (Å²) in [5.41, 5.74) is 1.28. The fraction of sp³-hybridized carbons (Fsp3) is 0.538. The zero-order valence-electron chi connectivity index (χ0n) is 10.2. The molecule has 2 rings (SSSR count). The summed E-state index contributed by atoms with van der Waals surface area (Å²) >= 11 is 7.18. The van der Waals surface area contributed by atoms with Crippen molar-refractivity contribution < 1.29 is 0 Å². The van der Waals surface area contributed by atoms with Gasteiger partial charge in [-0.25, -0.2) is 0 Å². The van der Waals surface area contributed by atoms with Crippen LogP contribution in [0.15, 0.2) is 27.1 Å². The van der Waals surface area contributed by atoms with Crippen LogP contribution in [0.2, 0.25) is 0 Å². The second-order valence-electron chi connectivity index (χ2n) is 4.85. The molecule has 1 atom stereocenters. The molecule has 1 aliphatic heterocycles. The van der Waals surface area contributed by atoms with Gasteiger partial charge in [-0.15, -0.1) is 0 Å². The summed E-state index contributed by atoms with van der Waals surface area (Å²) in [6, 6.07) is 6.93. The minimum atomic E-state index is 0.578. The van der Waals surface area contributed by atoms with E-state index in [9.17, 15) is 0 Å². The number of anilines is 1. The highest BCUT2D eigenvalue weighted by atomic mass is 79.9. The van der Waals surface area contributed by atoms with Gasteiger partial charge in [-0.3, -0.25) is 0 Å². The highest BCUT2D eigenvalue weighted by Gasteiger charge is 2.23. The molecule has 0 bridgehead atoms. The van der Waals surface area contributed by atoms with Crippen molar-refractivity contribution in [1.82, 2.24) is 5.32 Å². The Kier molecular flexibility index (Phi) is 4.50. The Morgan fingerprint density at radius 1 is 1.35 bits per heavy atom. The van der Waals surface area contributed by atoms with Crippen molar-refractivity contribution in [2.24, 2.45) is 5.92 Å². The van der Waals surface area contributed by atoms with Gasteiger partial charge in [0.05, 0.1) is 5.69 Å². The molecule has 1 unspecified atom stereocenters. The zero-order chi connectivity index (χ0) is 12.4. The van der Waals surface area contributed by atoms with Crippen molar-refractivity contribution in [3.05, 3.63) is 27.1 Å². The number of nitrogens with one attached hydrogen (secondary N) is 1. The summed E-state index contributed by atoms with van der Waals surface area (Å²) in [6.45, 7) is 7.75. The van der Waals surface area contributed by atoms with Crippen LogP contribution in [-0.2, 0) is 0 Å². The first-order valence-corrected chi connectivity index (χ1v) is 7.60. The maximum atomic E-state index is 3.64. The summed E-state index contributed by atoms with van der Waals surface area (Å²) in [5.74, 6) is 0.670. The molecule has 2 nitrogen and oxygen atoms in total. The fourth-order valence-electron chi connectivity index (χ4n) is 2.17. The first-order chi connectivity index (χ1) is 8.08. The second kappa shape index (κ2) is 5.72. The maximum Gasteiger partial charge on any atom is 0.0522 e. The smallest absolute Gasteiger partial charge is 0.0522 e. The summed E-state index contributed by atoms with van der Waals surface area (Å²) in [5, 5.41) is 3.58. The SMILES string of the molecule is CC(C)C1CN(c2cc(Br)ccc2Br)CCN1. The molecule has 17 heavy (non-hydrogen) atoms. The van der Waals surface area contributed by atoms with Crippen molar-refractivity contribution in [2.45, 2.75) is 19.9 Å². The number of hydrogen-bond acceptors (Lipinski definition) is 2. The minimum absolute atomic E-state index is 0.578. The highest BCUT2D eigenvalue weighted by Crippen LogP contribution is 2.30. The molecule has 0 radical (unpaired) electrons. The molecule has 0 amide bonds. The van der Waals surface area contributed by atoms with Gasteiger partial charge in [0.2, 0.25) is 0 Å². The van der Waals surface area contributed by atoms with E-state index in [2.05, 4.69) is 74.1 Å². The third-order valence-corrected chi connectivity index (χ3v) is 4.42. The van der Waals surface area contributed by atoms with E-state index in [0.29, 0.717) is 12.0 Å². The largest absolute Gasteiger partial charge is 0.368 e. The van der Waals surface area contributed by atoms with E-state index < -0.39 is 0 Å². The fourth-order valence-corrected chi connectivity index (χ4v) is 3.02. The van der Waals surface area contributed by atoms with Crippen molar-refractivity contribution in [3.63, 3.8) is 0 Å². The Labute approximate surface area is 120 Å². The Hall–Kier alpha value is -0.0600. The van der Waals surface area contributed by atoms with E-state index in [1.165, 1.54) is 10.2 Å². The summed E-state index contributed by atoms with van der Waals surface area (Å²) in [4.78, 5) is 2.45. The molecule has 0 saturated carbocycles. The third kappa shape index (κ3) is 3.24. The molecule has 1 saturated heterocycles. The lowest BCUT2D eigenvalue weighted by Crippen LogP contribution is -2.53. The van der Waals surface area contributed by atoms with Crippen LogP contribution in [0.5, 0.6) is 0 Å². The lowest BCUT2D eigenvalue weighted by atomic mass is 10.0. The topological polar surface area (TPSA) is 15.3 Å². The number of halogens is 2. The van der Waals surface area contributed by atoms with Crippen LogP contribution in [0, 0.1) is 5.92 Å². The quantitative estimate of drug-likeness (QED) is 0.864. The van der Waals surface area contributed by atoms with Gasteiger partial charge in [0.25, 0.3) is 0 Å². The monoisotopic (exact) mass is 360 g/mol. The van der Waals surface area contributed by atoms with Crippen LogP contribution in [-0.4, -0.2) is 25.7 Å². The average Bonchev–Trinajstić information content (AvgIpc) is 2.32. The van der Waals surface area contributed by atoms with E-state index in [1.807, 2.05) is 0 Å². The third-order valence-electron chi connectivity index (χ3n) is 3.26. The van der Waals surface area contributed by atoms with Gasteiger partial charge in [-0.1, -0.05) is 29.8 Å². The summed E-state index contributed by atoms with van der Waals surface area (Å²) in [6.07, 6.45) is 0. The Bertz CT molecular complexity index is 393. The van der Waals surface area contributed by atoms with Crippen LogP contribution < -0.4 is 10.2 Å². The van der Waals surface area contributed by atoms with Gasteiger partial charge in [0.15, 0.2) is 0 Å². The summed E-state index contributed by atoms with van der Waals surface area (Å²) in [7, 11) is 0. The Balaban J connectivity index is 2.18. The van der Waals surface area contributed by atoms with Crippen molar-refractivity contribution in [1.29, 1.82) is 0 Å². The number of rotatable bonds is 2. The van der Waals surface area contributed by atoms with Gasteiger partial charge in [0, 0.05) is 34.6 Å². The second-order valence-corrected chi connectivity index (χ2v) is 6.62. The molecule has 4 heteroatoms. The van der Waals surface area contributed by atoms with E-state index in [1.54, 1.807) is 0 Å². The van der Waals surface area contributed by atoms with Gasteiger partial charge >= 0.3 is 0 Å². The van der Waals surface area contributed by atoms with Crippen molar-refractivity contribution in [3.8, 4) is 0 Å². The number of benzene rings is 1. The summed E-state index contributed by atoms with van der Waals surface area (Å²) < 4.78 is 2.31. The Morgan fingerprint density at radius 3 is 2.82 bits per heavy atom. The van der Waals surface area contributed by atoms with E-state index in [4.69, 9.17) is 0 Å². The first kappa shape index (κ1) is 13.4. The van der Waals surface area contributed by atoms with Crippen LogP contribution in [0.1, 0.15) is 13.8 Å². The van der Waals surface area contributed by atoms with E-state index in [0.717, 1.165) is 24.1 Å². The van der Waals surface area contributed by atoms with Crippen LogP contribution in [0.25, 0.3) is 0 Å². The molecule has 94 valence electrons. The van der Waals surface area contributed by atoms with E-state index >= 15 is 0 Å². The first-order valence-electron chi connectivity index (χ1n) is 6.01. The molecule has 0 spiro atoms. The van der Waals surface area contributed by atoms with Gasteiger partial charge in [0.1, 0.15) is 0 Å². The molecule has 1 fully saturated rings. The normalized spacial score (nSPS) is 21.0. The molecule has 1 aromatic rings.